The zero-order valence-corrected chi connectivity index (χ0v) is 11.5. The van der Waals surface area contributed by atoms with Crippen LogP contribution in [-0.4, -0.2) is 38.9 Å². The summed E-state index contributed by atoms with van der Waals surface area (Å²) in [4.78, 5) is 2.41. The Morgan fingerprint density at radius 3 is 3.11 bits per heavy atom. The standard InChI is InChI=1S/C13H20ClN3O/c1-2-17-12(10(14)9-15-17)13(18)6-8-16-7-4-3-5-11(13)16/h9,11,18H,2-8H2,1H3. The lowest BCUT2D eigenvalue weighted by molar-refractivity contribution is -0.0206. The number of hydrogen-bond donors (Lipinski definition) is 1. The predicted molar refractivity (Wildman–Crippen MR) is 70.6 cm³/mol. The summed E-state index contributed by atoms with van der Waals surface area (Å²) >= 11 is 6.26. The Labute approximate surface area is 113 Å². The van der Waals surface area contributed by atoms with E-state index in [4.69, 9.17) is 11.6 Å². The number of halogens is 1. The average molecular weight is 270 g/mol. The molecule has 0 saturated carbocycles. The molecule has 0 radical (unpaired) electrons. The molecule has 5 heteroatoms. The quantitative estimate of drug-likeness (QED) is 0.893. The SMILES string of the molecule is CCn1ncc(Cl)c1C1(O)CCN2CCCCC21. The van der Waals surface area contributed by atoms with Crippen molar-refractivity contribution < 1.29 is 5.11 Å². The Hall–Kier alpha value is -0.580. The largest absolute Gasteiger partial charge is 0.382 e. The second-order valence-electron chi connectivity index (χ2n) is 5.38. The topological polar surface area (TPSA) is 41.3 Å². The van der Waals surface area contributed by atoms with Crippen LogP contribution in [-0.2, 0) is 12.1 Å². The maximum atomic E-state index is 11.2. The van der Waals surface area contributed by atoms with Crippen LogP contribution < -0.4 is 0 Å². The summed E-state index contributed by atoms with van der Waals surface area (Å²) in [6.07, 6.45) is 5.92. The first-order valence-electron chi connectivity index (χ1n) is 6.85. The molecule has 2 saturated heterocycles. The van der Waals surface area contributed by atoms with E-state index in [1.54, 1.807) is 6.20 Å². The number of rotatable bonds is 2. The summed E-state index contributed by atoms with van der Waals surface area (Å²) in [7, 11) is 0. The van der Waals surface area contributed by atoms with Gasteiger partial charge < -0.3 is 5.11 Å². The fraction of sp³-hybridized carbons (Fsp3) is 0.769. The van der Waals surface area contributed by atoms with Gasteiger partial charge in [-0.1, -0.05) is 18.0 Å². The summed E-state index contributed by atoms with van der Waals surface area (Å²) < 4.78 is 1.85. The predicted octanol–water partition coefficient (Wildman–Crippen LogP) is 2.00. The van der Waals surface area contributed by atoms with Gasteiger partial charge in [-0.15, -0.1) is 0 Å². The van der Waals surface area contributed by atoms with E-state index in [-0.39, 0.29) is 6.04 Å². The number of fused-ring (bicyclic) bond motifs is 1. The highest BCUT2D eigenvalue weighted by atomic mass is 35.5. The van der Waals surface area contributed by atoms with Crippen molar-refractivity contribution in [2.24, 2.45) is 0 Å². The summed E-state index contributed by atoms with van der Waals surface area (Å²) in [6.45, 7) is 4.85. The van der Waals surface area contributed by atoms with Crippen LogP contribution in [0.25, 0.3) is 0 Å². The minimum atomic E-state index is -0.815. The van der Waals surface area contributed by atoms with Gasteiger partial charge in [0, 0.05) is 19.1 Å². The molecular formula is C13H20ClN3O. The Bertz CT molecular complexity index is 447. The minimum absolute atomic E-state index is 0.214. The maximum Gasteiger partial charge on any atom is 0.124 e. The molecule has 0 spiro atoms. The number of aliphatic hydroxyl groups is 1. The van der Waals surface area contributed by atoms with Gasteiger partial charge in [-0.3, -0.25) is 9.58 Å². The van der Waals surface area contributed by atoms with E-state index in [0.717, 1.165) is 38.2 Å². The lowest BCUT2D eigenvalue weighted by Gasteiger charge is -2.37. The smallest absolute Gasteiger partial charge is 0.124 e. The Balaban J connectivity index is 2.01. The van der Waals surface area contributed by atoms with Crippen LogP contribution in [0.5, 0.6) is 0 Å². The van der Waals surface area contributed by atoms with Crippen LogP contribution in [0, 0.1) is 0 Å². The zero-order valence-electron chi connectivity index (χ0n) is 10.8. The van der Waals surface area contributed by atoms with Crippen LogP contribution in [0.4, 0.5) is 0 Å². The van der Waals surface area contributed by atoms with E-state index in [0.29, 0.717) is 5.02 Å². The molecule has 0 aliphatic carbocycles. The molecule has 2 aliphatic rings. The molecule has 1 N–H and O–H groups in total. The van der Waals surface area contributed by atoms with Gasteiger partial charge in [0.15, 0.2) is 0 Å². The Kier molecular flexibility index (Phi) is 3.12. The van der Waals surface area contributed by atoms with Gasteiger partial charge in [-0.2, -0.15) is 5.10 Å². The van der Waals surface area contributed by atoms with Crippen molar-refractivity contribution in [2.75, 3.05) is 13.1 Å². The van der Waals surface area contributed by atoms with Crippen molar-refractivity contribution in [3.05, 3.63) is 16.9 Å². The van der Waals surface area contributed by atoms with E-state index >= 15 is 0 Å². The van der Waals surface area contributed by atoms with Crippen LogP contribution in [0.3, 0.4) is 0 Å². The van der Waals surface area contributed by atoms with Crippen molar-refractivity contribution in [3.8, 4) is 0 Å². The van der Waals surface area contributed by atoms with Crippen molar-refractivity contribution in [1.29, 1.82) is 0 Å². The fourth-order valence-electron chi connectivity index (χ4n) is 3.59. The normalized spacial score (nSPS) is 32.7. The second-order valence-corrected chi connectivity index (χ2v) is 5.79. The monoisotopic (exact) mass is 269 g/mol. The first kappa shape index (κ1) is 12.5. The molecule has 0 bridgehead atoms. The zero-order chi connectivity index (χ0) is 12.8. The highest BCUT2D eigenvalue weighted by molar-refractivity contribution is 6.31. The molecule has 4 nitrogen and oxygen atoms in total. The third kappa shape index (κ3) is 1.70. The molecule has 2 aliphatic heterocycles. The molecule has 3 rings (SSSR count). The van der Waals surface area contributed by atoms with Crippen LogP contribution in [0.2, 0.25) is 5.02 Å². The number of piperidine rings is 1. The highest BCUT2D eigenvalue weighted by Gasteiger charge is 2.50. The summed E-state index contributed by atoms with van der Waals surface area (Å²) in [5.74, 6) is 0. The Morgan fingerprint density at radius 2 is 2.33 bits per heavy atom. The number of hydrogen-bond acceptors (Lipinski definition) is 3. The molecule has 18 heavy (non-hydrogen) atoms. The molecule has 3 heterocycles. The van der Waals surface area contributed by atoms with Crippen LogP contribution >= 0.6 is 11.6 Å². The lowest BCUT2D eigenvalue weighted by Crippen LogP contribution is -2.46. The van der Waals surface area contributed by atoms with Gasteiger partial charge in [0.25, 0.3) is 0 Å². The van der Waals surface area contributed by atoms with E-state index in [1.807, 2.05) is 11.6 Å². The average Bonchev–Trinajstić information content (AvgIpc) is 2.92. The van der Waals surface area contributed by atoms with Gasteiger partial charge in [-0.05, 0) is 32.7 Å². The van der Waals surface area contributed by atoms with Gasteiger partial charge in [0.05, 0.1) is 16.9 Å². The number of aryl methyl sites for hydroxylation is 1. The fourth-order valence-corrected chi connectivity index (χ4v) is 3.89. The molecule has 2 unspecified atom stereocenters. The Morgan fingerprint density at radius 1 is 1.50 bits per heavy atom. The molecule has 1 aromatic rings. The van der Waals surface area contributed by atoms with Crippen molar-refractivity contribution >= 4 is 11.6 Å². The van der Waals surface area contributed by atoms with Crippen molar-refractivity contribution in [1.82, 2.24) is 14.7 Å². The van der Waals surface area contributed by atoms with Crippen LogP contribution in [0.1, 0.15) is 38.3 Å². The van der Waals surface area contributed by atoms with Crippen molar-refractivity contribution in [2.45, 2.75) is 50.8 Å². The summed E-state index contributed by atoms with van der Waals surface area (Å²) in [5, 5.41) is 16.0. The molecule has 2 atom stereocenters. The molecule has 100 valence electrons. The molecule has 0 aromatic carbocycles. The van der Waals surface area contributed by atoms with E-state index in [9.17, 15) is 5.11 Å². The number of aromatic nitrogens is 2. The van der Waals surface area contributed by atoms with Gasteiger partial charge in [0.1, 0.15) is 5.60 Å². The molecule has 0 amide bonds. The summed E-state index contributed by atoms with van der Waals surface area (Å²) in [5.41, 5.74) is 0.00497. The summed E-state index contributed by atoms with van der Waals surface area (Å²) in [6, 6.07) is 0.214. The molecule has 2 fully saturated rings. The maximum absolute atomic E-state index is 11.2. The number of nitrogens with zero attached hydrogens (tertiary/aromatic N) is 3. The van der Waals surface area contributed by atoms with Crippen LogP contribution in [0.15, 0.2) is 6.20 Å². The minimum Gasteiger partial charge on any atom is -0.382 e. The van der Waals surface area contributed by atoms with E-state index in [1.165, 1.54) is 12.8 Å². The third-order valence-electron chi connectivity index (χ3n) is 4.45. The van der Waals surface area contributed by atoms with Gasteiger partial charge >= 0.3 is 0 Å². The van der Waals surface area contributed by atoms with Gasteiger partial charge in [-0.25, -0.2) is 0 Å². The molecule has 1 aromatic heterocycles. The second kappa shape index (κ2) is 4.51. The van der Waals surface area contributed by atoms with Crippen molar-refractivity contribution in [3.63, 3.8) is 0 Å². The van der Waals surface area contributed by atoms with E-state index < -0.39 is 5.60 Å². The first-order chi connectivity index (χ1) is 8.66. The third-order valence-corrected chi connectivity index (χ3v) is 4.73. The first-order valence-corrected chi connectivity index (χ1v) is 7.23. The highest BCUT2D eigenvalue weighted by Crippen LogP contribution is 2.44. The van der Waals surface area contributed by atoms with E-state index in [2.05, 4.69) is 10.00 Å². The molecular weight excluding hydrogens is 250 g/mol. The van der Waals surface area contributed by atoms with Gasteiger partial charge in [0.2, 0.25) is 0 Å². The lowest BCUT2D eigenvalue weighted by atomic mass is 9.86.